The van der Waals surface area contributed by atoms with Crippen molar-refractivity contribution in [2.24, 2.45) is 0 Å². The fraction of sp³-hybridized carbons (Fsp3) is 0.600. The van der Waals surface area contributed by atoms with Crippen molar-refractivity contribution in [2.45, 2.75) is 39.3 Å². The SMILES string of the molecule is C[C@H]1CN(C(=O)c2cnccn2)CCN1C(=O)OC(C)(C)C. The van der Waals surface area contributed by atoms with E-state index in [0.717, 1.165) is 0 Å². The Labute approximate surface area is 130 Å². The molecule has 1 saturated heterocycles. The highest BCUT2D eigenvalue weighted by Gasteiger charge is 2.33. The monoisotopic (exact) mass is 306 g/mol. The first-order chi connectivity index (χ1) is 10.3. The lowest BCUT2D eigenvalue weighted by atomic mass is 10.2. The minimum absolute atomic E-state index is 0.107. The Morgan fingerprint density at radius 1 is 1.27 bits per heavy atom. The van der Waals surface area contributed by atoms with Gasteiger partial charge in [-0.15, -0.1) is 0 Å². The van der Waals surface area contributed by atoms with E-state index in [1.54, 1.807) is 9.80 Å². The lowest BCUT2D eigenvalue weighted by molar-refractivity contribution is 0.00189. The van der Waals surface area contributed by atoms with Crippen LogP contribution in [0.5, 0.6) is 0 Å². The van der Waals surface area contributed by atoms with E-state index in [4.69, 9.17) is 4.74 Å². The van der Waals surface area contributed by atoms with Crippen LogP contribution < -0.4 is 0 Å². The average molecular weight is 306 g/mol. The Morgan fingerprint density at radius 2 is 2.00 bits per heavy atom. The minimum atomic E-state index is -0.524. The van der Waals surface area contributed by atoms with E-state index in [2.05, 4.69) is 9.97 Å². The normalized spacial score (nSPS) is 19.0. The van der Waals surface area contributed by atoms with Crippen LogP contribution in [-0.4, -0.2) is 63.0 Å². The second kappa shape index (κ2) is 6.29. The molecule has 1 aromatic rings. The molecule has 7 nitrogen and oxygen atoms in total. The van der Waals surface area contributed by atoms with E-state index >= 15 is 0 Å². The molecule has 0 aliphatic carbocycles. The minimum Gasteiger partial charge on any atom is -0.444 e. The van der Waals surface area contributed by atoms with Crippen molar-refractivity contribution in [3.05, 3.63) is 24.3 Å². The maximum atomic E-state index is 12.3. The van der Waals surface area contributed by atoms with Crippen LogP contribution in [0.15, 0.2) is 18.6 Å². The number of nitrogens with zero attached hydrogens (tertiary/aromatic N) is 4. The van der Waals surface area contributed by atoms with E-state index in [0.29, 0.717) is 25.3 Å². The summed E-state index contributed by atoms with van der Waals surface area (Å²) in [6, 6.07) is -0.107. The van der Waals surface area contributed by atoms with Gasteiger partial charge in [0.15, 0.2) is 0 Å². The average Bonchev–Trinajstić information content (AvgIpc) is 2.45. The molecular weight excluding hydrogens is 284 g/mol. The molecule has 1 atom stereocenters. The molecule has 22 heavy (non-hydrogen) atoms. The van der Waals surface area contributed by atoms with Gasteiger partial charge in [0.2, 0.25) is 0 Å². The van der Waals surface area contributed by atoms with Gasteiger partial charge in [-0.3, -0.25) is 9.78 Å². The Hall–Kier alpha value is -2.18. The standard InChI is InChI=1S/C15H22N4O3/c1-11-10-18(13(20)12-9-16-5-6-17-12)7-8-19(11)14(21)22-15(2,3)4/h5-6,9,11H,7-8,10H2,1-4H3/t11-/m0/s1. The molecule has 7 heteroatoms. The summed E-state index contributed by atoms with van der Waals surface area (Å²) in [6.07, 6.45) is 4.13. The highest BCUT2D eigenvalue weighted by atomic mass is 16.6. The van der Waals surface area contributed by atoms with Gasteiger partial charge in [0.05, 0.1) is 6.20 Å². The summed E-state index contributed by atoms with van der Waals surface area (Å²) in [4.78, 5) is 35.8. The fourth-order valence-electron chi connectivity index (χ4n) is 2.31. The second-order valence-electron chi connectivity index (χ2n) is 6.36. The molecule has 0 spiro atoms. The lowest BCUT2D eigenvalue weighted by Gasteiger charge is -2.40. The van der Waals surface area contributed by atoms with Crippen molar-refractivity contribution < 1.29 is 14.3 Å². The van der Waals surface area contributed by atoms with E-state index in [1.807, 2.05) is 27.7 Å². The molecule has 0 saturated carbocycles. The largest absolute Gasteiger partial charge is 0.444 e. The summed E-state index contributed by atoms with van der Waals surface area (Å²) in [5.41, 5.74) is -0.205. The fourth-order valence-corrected chi connectivity index (χ4v) is 2.31. The molecular formula is C15H22N4O3. The van der Waals surface area contributed by atoms with Crippen LogP contribution in [0.1, 0.15) is 38.2 Å². The van der Waals surface area contributed by atoms with E-state index < -0.39 is 5.60 Å². The number of ether oxygens (including phenoxy) is 1. The van der Waals surface area contributed by atoms with E-state index in [9.17, 15) is 9.59 Å². The number of hydrogen-bond acceptors (Lipinski definition) is 5. The quantitative estimate of drug-likeness (QED) is 0.787. The molecule has 2 heterocycles. The zero-order valence-electron chi connectivity index (χ0n) is 13.4. The van der Waals surface area contributed by atoms with Gasteiger partial charge >= 0.3 is 6.09 Å². The van der Waals surface area contributed by atoms with Gasteiger partial charge in [-0.1, -0.05) is 0 Å². The zero-order chi connectivity index (χ0) is 16.3. The Kier molecular flexibility index (Phi) is 4.63. The molecule has 2 amide bonds. The van der Waals surface area contributed by atoms with Gasteiger partial charge in [0.1, 0.15) is 11.3 Å². The van der Waals surface area contributed by atoms with Crippen LogP contribution in [0.3, 0.4) is 0 Å². The molecule has 2 rings (SSSR count). The number of hydrogen-bond donors (Lipinski definition) is 0. The highest BCUT2D eigenvalue weighted by molar-refractivity contribution is 5.92. The summed E-state index contributed by atoms with van der Waals surface area (Å²) in [5.74, 6) is -0.163. The van der Waals surface area contributed by atoms with E-state index in [1.165, 1.54) is 18.6 Å². The Bertz CT molecular complexity index is 541. The predicted octanol–water partition coefficient (Wildman–Crippen LogP) is 1.56. The van der Waals surface area contributed by atoms with Crippen LogP contribution >= 0.6 is 0 Å². The van der Waals surface area contributed by atoms with Crippen LogP contribution in [-0.2, 0) is 4.74 Å². The Morgan fingerprint density at radius 3 is 2.55 bits per heavy atom. The molecule has 1 aromatic heterocycles. The molecule has 0 N–H and O–H groups in total. The highest BCUT2D eigenvalue weighted by Crippen LogP contribution is 2.16. The lowest BCUT2D eigenvalue weighted by Crippen LogP contribution is -2.56. The summed E-state index contributed by atoms with van der Waals surface area (Å²) in [7, 11) is 0. The van der Waals surface area contributed by atoms with Crippen molar-refractivity contribution in [2.75, 3.05) is 19.6 Å². The van der Waals surface area contributed by atoms with Crippen molar-refractivity contribution in [3.8, 4) is 0 Å². The number of aromatic nitrogens is 2. The molecule has 1 aliphatic rings. The van der Waals surface area contributed by atoms with Crippen LogP contribution in [0.2, 0.25) is 0 Å². The van der Waals surface area contributed by atoms with Crippen LogP contribution in [0.4, 0.5) is 4.79 Å². The molecule has 1 aliphatic heterocycles. The predicted molar refractivity (Wildman–Crippen MR) is 80.3 cm³/mol. The van der Waals surface area contributed by atoms with Gasteiger partial charge < -0.3 is 14.5 Å². The van der Waals surface area contributed by atoms with Gasteiger partial charge in [-0.25, -0.2) is 9.78 Å². The van der Waals surface area contributed by atoms with Gasteiger partial charge in [-0.2, -0.15) is 0 Å². The van der Waals surface area contributed by atoms with Crippen molar-refractivity contribution in [1.82, 2.24) is 19.8 Å². The van der Waals surface area contributed by atoms with Crippen LogP contribution in [0, 0.1) is 0 Å². The topological polar surface area (TPSA) is 75.6 Å². The van der Waals surface area contributed by atoms with Crippen molar-refractivity contribution in [1.29, 1.82) is 0 Å². The third-order valence-corrected chi connectivity index (χ3v) is 3.33. The number of carbonyl (C=O) groups excluding carboxylic acids is 2. The molecule has 0 bridgehead atoms. The first-order valence-electron chi connectivity index (χ1n) is 7.33. The van der Waals surface area contributed by atoms with Crippen molar-refractivity contribution >= 4 is 12.0 Å². The molecule has 1 fully saturated rings. The van der Waals surface area contributed by atoms with Gasteiger partial charge in [0.25, 0.3) is 5.91 Å². The smallest absolute Gasteiger partial charge is 0.410 e. The van der Waals surface area contributed by atoms with Gasteiger partial charge in [0, 0.05) is 38.1 Å². The van der Waals surface area contributed by atoms with E-state index in [-0.39, 0.29) is 18.0 Å². The zero-order valence-corrected chi connectivity index (χ0v) is 13.4. The third-order valence-electron chi connectivity index (χ3n) is 3.33. The maximum absolute atomic E-state index is 12.3. The number of rotatable bonds is 1. The number of piperazine rings is 1. The first-order valence-corrected chi connectivity index (χ1v) is 7.33. The van der Waals surface area contributed by atoms with Crippen molar-refractivity contribution in [3.63, 3.8) is 0 Å². The van der Waals surface area contributed by atoms with Gasteiger partial charge in [-0.05, 0) is 27.7 Å². The third kappa shape index (κ3) is 3.93. The number of carbonyl (C=O) groups is 2. The second-order valence-corrected chi connectivity index (χ2v) is 6.36. The Balaban J connectivity index is 1.98. The summed E-state index contributed by atoms with van der Waals surface area (Å²) >= 11 is 0. The molecule has 120 valence electrons. The molecule has 0 radical (unpaired) electrons. The first kappa shape index (κ1) is 16.2. The summed E-state index contributed by atoms with van der Waals surface area (Å²) < 4.78 is 5.39. The maximum Gasteiger partial charge on any atom is 0.410 e. The van der Waals surface area contributed by atoms with Crippen LogP contribution in [0.25, 0.3) is 0 Å². The summed E-state index contributed by atoms with van der Waals surface area (Å²) in [5, 5.41) is 0. The number of amides is 2. The molecule has 0 aromatic carbocycles. The summed E-state index contributed by atoms with van der Waals surface area (Å²) in [6.45, 7) is 8.77. The molecule has 0 unspecified atom stereocenters.